The molecule has 0 aliphatic carbocycles. The van der Waals surface area contributed by atoms with Gasteiger partial charge in [-0.2, -0.15) is 4.98 Å². The summed E-state index contributed by atoms with van der Waals surface area (Å²) in [5, 5.41) is 16.0. The molecule has 3 heterocycles. The lowest BCUT2D eigenvalue weighted by Gasteiger charge is -2.10. The summed E-state index contributed by atoms with van der Waals surface area (Å²) < 4.78 is 7.45. The summed E-state index contributed by atoms with van der Waals surface area (Å²) in [5.41, 5.74) is 4.26. The molecule has 0 saturated heterocycles. The highest BCUT2D eigenvalue weighted by atomic mass is 16.5. The first-order valence-corrected chi connectivity index (χ1v) is 11.2. The zero-order valence-electron chi connectivity index (χ0n) is 18.8. The molecule has 2 aromatic carbocycles. The Morgan fingerprint density at radius 1 is 1.21 bits per heavy atom. The van der Waals surface area contributed by atoms with Crippen LogP contribution in [0.1, 0.15) is 27.0 Å². The van der Waals surface area contributed by atoms with Gasteiger partial charge in [0.2, 0.25) is 5.95 Å². The molecule has 0 radical (unpaired) electrons. The molecule has 0 saturated carbocycles. The maximum absolute atomic E-state index is 12.6. The van der Waals surface area contributed by atoms with Crippen molar-refractivity contribution in [1.29, 1.82) is 0 Å². The molecular formula is C26H25N5O3. The van der Waals surface area contributed by atoms with Gasteiger partial charge in [0.1, 0.15) is 17.3 Å². The molecule has 0 fully saturated rings. The van der Waals surface area contributed by atoms with E-state index in [-0.39, 0.29) is 11.7 Å². The van der Waals surface area contributed by atoms with Crippen LogP contribution in [0, 0.1) is 6.92 Å². The van der Waals surface area contributed by atoms with Crippen molar-refractivity contribution >= 4 is 17.5 Å². The van der Waals surface area contributed by atoms with Crippen molar-refractivity contribution in [2.24, 2.45) is 0 Å². The molecule has 1 aliphatic heterocycles. The second-order valence-corrected chi connectivity index (χ2v) is 8.19. The van der Waals surface area contributed by atoms with Gasteiger partial charge in [0.15, 0.2) is 0 Å². The highest BCUT2D eigenvalue weighted by Gasteiger charge is 2.14. The Balaban J connectivity index is 1.26. The number of anilines is 2. The van der Waals surface area contributed by atoms with Crippen LogP contribution in [0.25, 0.3) is 5.82 Å². The van der Waals surface area contributed by atoms with Crippen molar-refractivity contribution in [3.63, 3.8) is 0 Å². The quantitative estimate of drug-likeness (QED) is 0.390. The van der Waals surface area contributed by atoms with Crippen molar-refractivity contribution < 1.29 is 14.6 Å². The number of phenolic OH excluding ortho intramolecular Hbond substituents is 1. The van der Waals surface area contributed by atoms with Crippen LogP contribution in [-0.2, 0) is 12.8 Å². The van der Waals surface area contributed by atoms with E-state index in [0.717, 1.165) is 29.0 Å². The number of para-hydroxylation sites is 1. The number of nitrogens with one attached hydrogen (secondary N) is 2. The number of nitrogens with zero attached hydrogens (tertiary/aromatic N) is 3. The molecule has 0 atom stereocenters. The summed E-state index contributed by atoms with van der Waals surface area (Å²) in [7, 11) is 0. The van der Waals surface area contributed by atoms with Gasteiger partial charge in [0.25, 0.3) is 5.91 Å². The summed E-state index contributed by atoms with van der Waals surface area (Å²) in [4.78, 5) is 21.7. The first kappa shape index (κ1) is 21.5. The van der Waals surface area contributed by atoms with Crippen molar-refractivity contribution in [2.75, 3.05) is 18.5 Å². The summed E-state index contributed by atoms with van der Waals surface area (Å²) >= 11 is 0. The Kier molecular flexibility index (Phi) is 5.86. The standard InChI is InChI=1S/C26H25N5O3/c1-17-15-28-26(29-21-7-6-19-10-13-34-23(19)14-21)30-24(17)31-12-9-20(16-31)25(33)27-11-8-18-4-2-3-5-22(18)32/h2-7,9,12,14-16,32H,8,10-11,13H2,1H3,(H,27,33)(H,28,29,30). The van der Waals surface area contributed by atoms with Crippen molar-refractivity contribution in [3.8, 4) is 17.3 Å². The fourth-order valence-electron chi connectivity index (χ4n) is 3.93. The van der Waals surface area contributed by atoms with E-state index in [4.69, 9.17) is 4.74 Å². The van der Waals surface area contributed by atoms with Crippen molar-refractivity contribution in [1.82, 2.24) is 19.9 Å². The highest BCUT2D eigenvalue weighted by Crippen LogP contribution is 2.29. The van der Waals surface area contributed by atoms with Crippen LogP contribution < -0.4 is 15.4 Å². The van der Waals surface area contributed by atoms with Gasteiger partial charge in [-0.15, -0.1) is 0 Å². The van der Waals surface area contributed by atoms with Crippen molar-refractivity contribution in [2.45, 2.75) is 19.8 Å². The van der Waals surface area contributed by atoms with Gasteiger partial charge in [-0.1, -0.05) is 24.3 Å². The van der Waals surface area contributed by atoms with E-state index in [2.05, 4.69) is 26.7 Å². The van der Waals surface area contributed by atoms with E-state index in [1.165, 1.54) is 5.56 Å². The van der Waals surface area contributed by atoms with Crippen LogP contribution in [0.4, 0.5) is 11.6 Å². The third-order valence-electron chi connectivity index (χ3n) is 5.77. The number of carbonyl (C=O) groups is 1. The highest BCUT2D eigenvalue weighted by molar-refractivity contribution is 5.94. The molecule has 0 unspecified atom stereocenters. The Morgan fingerprint density at radius 3 is 2.97 bits per heavy atom. The van der Waals surface area contributed by atoms with Gasteiger partial charge < -0.3 is 25.0 Å². The first-order valence-electron chi connectivity index (χ1n) is 11.2. The number of aromatic nitrogens is 3. The van der Waals surface area contributed by atoms with Crippen LogP contribution in [0.15, 0.2) is 67.1 Å². The lowest BCUT2D eigenvalue weighted by atomic mass is 10.1. The van der Waals surface area contributed by atoms with Crippen LogP contribution in [0.2, 0.25) is 0 Å². The maximum atomic E-state index is 12.6. The SMILES string of the molecule is Cc1cnc(Nc2ccc3c(c2)OCC3)nc1-n1ccc(C(=O)NCCc2ccccc2O)c1. The number of carbonyl (C=O) groups excluding carboxylic acids is 1. The topological polar surface area (TPSA) is 101 Å². The zero-order valence-corrected chi connectivity index (χ0v) is 18.8. The van der Waals surface area contributed by atoms with E-state index in [0.29, 0.717) is 36.9 Å². The van der Waals surface area contributed by atoms with E-state index >= 15 is 0 Å². The molecule has 8 nitrogen and oxygen atoms in total. The zero-order chi connectivity index (χ0) is 23.5. The first-order chi connectivity index (χ1) is 16.6. The van der Waals surface area contributed by atoms with Gasteiger partial charge in [-0.3, -0.25) is 4.79 Å². The minimum Gasteiger partial charge on any atom is -0.508 e. The van der Waals surface area contributed by atoms with E-state index in [1.54, 1.807) is 36.8 Å². The van der Waals surface area contributed by atoms with E-state index in [9.17, 15) is 9.90 Å². The molecule has 8 heteroatoms. The lowest BCUT2D eigenvalue weighted by Crippen LogP contribution is -2.25. The molecule has 0 bridgehead atoms. The molecule has 4 aromatic rings. The average Bonchev–Trinajstić information content (AvgIpc) is 3.51. The largest absolute Gasteiger partial charge is 0.508 e. The smallest absolute Gasteiger partial charge is 0.252 e. The van der Waals surface area contributed by atoms with Gasteiger partial charge in [0, 0.05) is 48.9 Å². The lowest BCUT2D eigenvalue weighted by molar-refractivity contribution is 0.0954. The number of rotatable bonds is 7. The van der Waals surface area contributed by atoms with Crippen LogP contribution in [0.5, 0.6) is 11.5 Å². The maximum Gasteiger partial charge on any atom is 0.252 e. The summed E-state index contributed by atoms with van der Waals surface area (Å²) in [6, 6.07) is 14.9. The number of phenols is 1. The number of hydrogen-bond acceptors (Lipinski definition) is 6. The van der Waals surface area contributed by atoms with E-state index in [1.807, 2.05) is 35.8 Å². The number of ether oxygens (including phenoxy) is 1. The summed E-state index contributed by atoms with van der Waals surface area (Å²) in [6.07, 6.45) is 6.78. The molecule has 1 aliphatic rings. The Hall–Kier alpha value is -4.33. The van der Waals surface area contributed by atoms with Gasteiger partial charge >= 0.3 is 0 Å². The number of amides is 1. The molecule has 2 aromatic heterocycles. The van der Waals surface area contributed by atoms with Crippen molar-refractivity contribution in [3.05, 3.63) is 89.4 Å². The molecular weight excluding hydrogens is 430 g/mol. The Bertz CT molecular complexity index is 1350. The third-order valence-corrected chi connectivity index (χ3v) is 5.77. The molecule has 0 spiro atoms. The third kappa shape index (κ3) is 4.56. The molecule has 172 valence electrons. The Labute approximate surface area is 197 Å². The summed E-state index contributed by atoms with van der Waals surface area (Å²) in [5.74, 6) is 2.08. The summed E-state index contributed by atoms with van der Waals surface area (Å²) in [6.45, 7) is 3.06. The van der Waals surface area contributed by atoms with Crippen LogP contribution in [0.3, 0.4) is 0 Å². The number of aromatic hydroxyl groups is 1. The fraction of sp³-hybridized carbons (Fsp3) is 0.192. The van der Waals surface area contributed by atoms with E-state index < -0.39 is 0 Å². The van der Waals surface area contributed by atoms with Gasteiger partial charge in [0.05, 0.1) is 12.2 Å². The average molecular weight is 456 g/mol. The van der Waals surface area contributed by atoms with Gasteiger partial charge in [-0.05, 0) is 42.7 Å². The second-order valence-electron chi connectivity index (χ2n) is 8.19. The minimum atomic E-state index is -0.183. The number of fused-ring (bicyclic) bond motifs is 1. The Morgan fingerprint density at radius 2 is 2.09 bits per heavy atom. The normalized spacial score (nSPS) is 12.1. The predicted octanol–water partition coefficient (Wildman–Crippen LogP) is 3.93. The molecule has 3 N–H and O–H groups in total. The predicted molar refractivity (Wildman–Crippen MR) is 129 cm³/mol. The molecule has 1 amide bonds. The van der Waals surface area contributed by atoms with Crippen LogP contribution in [-0.4, -0.2) is 38.7 Å². The number of hydrogen-bond donors (Lipinski definition) is 3. The molecule has 5 rings (SSSR count). The number of aryl methyl sites for hydroxylation is 1. The fourth-order valence-corrected chi connectivity index (χ4v) is 3.93. The number of benzene rings is 2. The van der Waals surface area contributed by atoms with Gasteiger partial charge in [-0.25, -0.2) is 4.98 Å². The van der Waals surface area contributed by atoms with Crippen LogP contribution >= 0.6 is 0 Å². The second kappa shape index (κ2) is 9.27. The molecule has 34 heavy (non-hydrogen) atoms. The minimum absolute atomic E-state index is 0.183. The monoisotopic (exact) mass is 455 g/mol.